The van der Waals surface area contributed by atoms with E-state index < -0.39 is 23.9 Å². The molecule has 12 nitrogen and oxygen atoms in total. The first-order valence-electron chi connectivity index (χ1n) is 23.5. The average molecular weight is 933 g/mol. The number of carbonyl (C=O) groups is 4. The molecule has 12 heteroatoms. The molecule has 0 aliphatic heterocycles. The van der Waals surface area contributed by atoms with E-state index in [4.69, 9.17) is 18.9 Å². The van der Waals surface area contributed by atoms with Gasteiger partial charge in [0.15, 0.2) is 0 Å². The summed E-state index contributed by atoms with van der Waals surface area (Å²) in [4.78, 5) is 53.2. The molecule has 0 unspecified atom stereocenters. The summed E-state index contributed by atoms with van der Waals surface area (Å²) in [5.41, 5.74) is 6.27. The largest absolute Gasteiger partial charge is 0.459 e. The fraction of sp³-hybridized carbons (Fsp3) is 0.333. The summed E-state index contributed by atoms with van der Waals surface area (Å²) < 4.78 is 20.2. The Morgan fingerprint density at radius 3 is 1.10 bits per heavy atom. The van der Waals surface area contributed by atoms with Crippen molar-refractivity contribution in [1.82, 2.24) is 0 Å². The molecule has 4 aromatic rings. The first kappa shape index (κ1) is 53.9. The summed E-state index contributed by atoms with van der Waals surface area (Å²) in [6, 6.07) is 40.5. The molecule has 0 N–H and O–H groups in total. The van der Waals surface area contributed by atoms with E-state index >= 15 is 0 Å². The lowest BCUT2D eigenvalue weighted by Gasteiger charge is -2.27. The van der Waals surface area contributed by atoms with Gasteiger partial charge in [0.2, 0.25) is 0 Å². The SMILES string of the molecule is C=C(C)C(=O)OCCOC(=O)C(C#N)=Cc1ccc(N(CCCCCN(CCCCc2ccccc2)c2ccc(C=C(C#N)C(=O)OCCOC(=O)C(=C)C)cc2)CCCCc2ccccc2)cc1. The van der Waals surface area contributed by atoms with E-state index in [9.17, 15) is 29.7 Å². The Morgan fingerprint density at radius 2 is 0.783 bits per heavy atom. The van der Waals surface area contributed by atoms with Gasteiger partial charge in [-0.2, -0.15) is 10.5 Å². The molecule has 69 heavy (non-hydrogen) atoms. The molecule has 0 spiro atoms. The lowest BCUT2D eigenvalue weighted by molar-refractivity contribution is -0.147. The van der Waals surface area contributed by atoms with Crippen LogP contribution in [0.1, 0.15) is 81.0 Å². The summed E-state index contributed by atoms with van der Waals surface area (Å²) in [5, 5.41) is 19.4. The zero-order chi connectivity index (χ0) is 49.6. The molecule has 0 amide bonds. The average Bonchev–Trinajstić information content (AvgIpc) is 3.36. The van der Waals surface area contributed by atoms with Crippen molar-refractivity contribution in [3.05, 3.63) is 167 Å². The lowest BCUT2D eigenvalue weighted by Crippen LogP contribution is -2.27. The van der Waals surface area contributed by atoms with Gasteiger partial charge < -0.3 is 28.7 Å². The van der Waals surface area contributed by atoms with Crippen LogP contribution in [0.5, 0.6) is 0 Å². The number of hydrogen-bond donors (Lipinski definition) is 0. The fourth-order valence-electron chi connectivity index (χ4n) is 7.18. The predicted molar refractivity (Wildman–Crippen MR) is 271 cm³/mol. The Hall–Kier alpha value is -7.70. The molecule has 4 aromatic carbocycles. The van der Waals surface area contributed by atoms with Crippen molar-refractivity contribution in [3.8, 4) is 12.1 Å². The summed E-state index contributed by atoms with van der Waals surface area (Å²) >= 11 is 0. The van der Waals surface area contributed by atoms with Gasteiger partial charge in [0.1, 0.15) is 49.7 Å². The zero-order valence-corrected chi connectivity index (χ0v) is 40.0. The molecule has 0 bridgehead atoms. The first-order valence-corrected chi connectivity index (χ1v) is 23.5. The Kier molecular flexibility index (Phi) is 23.9. The molecule has 0 aliphatic rings. The number of nitriles is 2. The van der Waals surface area contributed by atoms with Crippen molar-refractivity contribution in [1.29, 1.82) is 10.5 Å². The molecule has 0 saturated heterocycles. The molecule has 0 aliphatic carbocycles. The Balaban J connectivity index is 1.39. The summed E-state index contributed by atoms with van der Waals surface area (Å²) in [7, 11) is 0. The van der Waals surface area contributed by atoms with Crippen molar-refractivity contribution in [2.45, 2.75) is 71.6 Å². The van der Waals surface area contributed by atoms with Crippen LogP contribution in [0, 0.1) is 22.7 Å². The van der Waals surface area contributed by atoms with Crippen LogP contribution in [0.25, 0.3) is 12.2 Å². The van der Waals surface area contributed by atoms with Gasteiger partial charge in [-0.15, -0.1) is 0 Å². The molecule has 0 aromatic heterocycles. The van der Waals surface area contributed by atoms with Gasteiger partial charge in [0.25, 0.3) is 0 Å². The predicted octanol–water partition coefficient (Wildman–Crippen LogP) is 10.4. The second-order valence-electron chi connectivity index (χ2n) is 16.5. The van der Waals surface area contributed by atoms with E-state index in [2.05, 4.69) is 71.5 Å². The van der Waals surface area contributed by atoms with Crippen LogP contribution in [-0.2, 0) is 51.0 Å². The van der Waals surface area contributed by atoms with E-state index in [0.29, 0.717) is 11.1 Å². The number of carbonyl (C=O) groups excluding carboxylic acids is 4. The second-order valence-corrected chi connectivity index (χ2v) is 16.5. The maximum Gasteiger partial charge on any atom is 0.349 e. The van der Waals surface area contributed by atoms with Crippen LogP contribution in [0.3, 0.4) is 0 Å². The van der Waals surface area contributed by atoms with Gasteiger partial charge in [0, 0.05) is 48.7 Å². The Morgan fingerprint density at radius 1 is 0.464 bits per heavy atom. The third kappa shape index (κ3) is 20.4. The zero-order valence-electron chi connectivity index (χ0n) is 40.0. The molecule has 0 heterocycles. The van der Waals surface area contributed by atoms with Crippen LogP contribution < -0.4 is 9.80 Å². The minimum Gasteiger partial charge on any atom is -0.459 e. The van der Waals surface area contributed by atoms with Crippen molar-refractivity contribution in [3.63, 3.8) is 0 Å². The molecular weight excluding hydrogens is 869 g/mol. The van der Waals surface area contributed by atoms with Crippen molar-refractivity contribution in [2.75, 3.05) is 62.4 Å². The Labute approximate surface area is 407 Å². The highest BCUT2D eigenvalue weighted by Gasteiger charge is 2.15. The van der Waals surface area contributed by atoms with Gasteiger partial charge in [-0.25, -0.2) is 19.2 Å². The number of rotatable bonds is 30. The minimum atomic E-state index is -0.796. The lowest BCUT2D eigenvalue weighted by atomic mass is 10.1. The smallest absolute Gasteiger partial charge is 0.349 e. The van der Waals surface area contributed by atoms with Crippen molar-refractivity contribution in [2.24, 2.45) is 0 Å². The maximum atomic E-state index is 12.6. The highest BCUT2D eigenvalue weighted by molar-refractivity contribution is 5.98. The Bertz CT molecular complexity index is 2260. The molecule has 0 atom stereocenters. The second kappa shape index (κ2) is 30.6. The number of hydrogen-bond acceptors (Lipinski definition) is 12. The molecule has 0 saturated carbocycles. The van der Waals surface area contributed by atoms with Crippen LogP contribution in [0.2, 0.25) is 0 Å². The number of esters is 4. The van der Waals surface area contributed by atoms with E-state index in [0.717, 1.165) is 95.3 Å². The van der Waals surface area contributed by atoms with Gasteiger partial charge in [-0.3, -0.25) is 0 Å². The van der Waals surface area contributed by atoms with Crippen molar-refractivity contribution >= 4 is 47.4 Å². The van der Waals surface area contributed by atoms with Crippen LogP contribution in [0.15, 0.2) is 145 Å². The number of nitrogens with zero attached hydrogens (tertiary/aromatic N) is 4. The number of ether oxygens (including phenoxy) is 4. The summed E-state index contributed by atoms with van der Waals surface area (Å²) in [6.45, 7) is 12.9. The quantitative estimate of drug-likeness (QED) is 0.0160. The number of unbranched alkanes of at least 4 members (excludes halogenated alkanes) is 4. The van der Waals surface area contributed by atoms with Crippen LogP contribution in [0.4, 0.5) is 11.4 Å². The van der Waals surface area contributed by atoms with Gasteiger partial charge >= 0.3 is 23.9 Å². The standard InChI is InChI=1S/C57H64N4O8/c1-44(2)54(62)66-36-38-68-56(64)50(42-58)40-48-24-28-52(29-25-48)60(34-16-12-22-46-18-8-5-9-19-46)32-14-7-15-33-61(35-17-13-23-47-20-10-6-11-21-47)53-30-26-49(27-31-53)41-51(43-59)57(65)69-39-37-67-55(63)45(3)4/h5-6,8-11,18-21,24-31,40-41H,1,3,7,12-17,22-23,32-39H2,2,4H3. The van der Waals surface area contributed by atoms with Gasteiger partial charge in [-0.1, -0.05) is 98.1 Å². The van der Waals surface area contributed by atoms with E-state index in [1.807, 2.05) is 72.8 Å². The third-order valence-corrected chi connectivity index (χ3v) is 10.9. The van der Waals surface area contributed by atoms with Gasteiger partial charge in [-0.05, 0) is 130 Å². The molecule has 360 valence electrons. The molecule has 0 radical (unpaired) electrons. The van der Waals surface area contributed by atoms with Crippen LogP contribution in [-0.4, -0.2) is 76.5 Å². The number of benzene rings is 4. The van der Waals surface area contributed by atoms with E-state index in [1.54, 1.807) is 0 Å². The summed E-state index contributed by atoms with van der Waals surface area (Å²) in [6.07, 6.45) is 12.0. The monoisotopic (exact) mass is 932 g/mol. The van der Waals surface area contributed by atoms with Crippen molar-refractivity contribution < 1.29 is 38.1 Å². The topological polar surface area (TPSA) is 159 Å². The molecular formula is C57H64N4O8. The normalized spacial score (nSPS) is 11.1. The minimum absolute atomic E-state index is 0.138. The number of aryl methyl sites for hydroxylation is 2. The third-order valence-electron chi connectivity index (χ3n) is 10.9. The van der Waals surface area contributed by atoms with Gasteiger partial charge in [0.05, 0.1) is 0 Å². The maximum absolute atomic E-state index is 12.6. The van der Waals surface area contributed by atoms with Crippen LogP contribution >= 0.6 is 0 Å². The van der Waals surface area contributed by atoms with E-state index in [-0.39, 0.29) is 48.7 Å². The van der Waals surface area contributed by atoms with E-state index in [1.165, 1.54) is 37.1 Å². The fourth-order valence-corrected chi connectivity index (χ4v) is 7.18. The molecule has 4 rings (SSSR count). The summed E-state index contributed by atoms with van der Waals surface area (Å²) in [5.74, 6) is -2.75. The highest BCUT2D eigenvalue weighted by atomic mass is 16.6. The first-order chi connectivity index (χ1) is 33.5. The number of anilines is 2. The highest BCUT2D eigenvalue weighted by Crippen LogP contribution is 2.22. The molecule has 0 fully saturated rings.